The summed E-state index contributed by atoms with van der Waals surface area (Å²) in [5, 5.41) is 5.29. The van der Waals surface area contributed by atoms with Gasteiger partial charge in [-0.25, -0.2) is 0 Å². The van der Waals surface area contributed by atoms with E-state index < -0.39 is 0 Å². The summed E-state index contributed by atoms with van der Waals surface area (Å²) < 4.78 is 0. The summed E-state index contributed by atoms with van der Waals surface area (Å²) in [6, 6.07) is 70.0. The molecule has 0 aromatic heterocycles. The Bertz CT molecular complexity index is 3200. The maximum Gasteiger partial charge on any atom is 0.0215 e. The average Bonchev–Trinajstić information content (AvgIpc) is 4.12. The molecular weight excluding hydrogens is 721 g/mol. The van der Waals surface area contributed by atoms with Crippen molar-refractivity contribution in [2.75, 3.05) is 0 Å². The molecule has 9 aromatic carbocycles. The summed E-state index contributed by atoms with van der Waals surface area (Å²) in [6.45, 7) is 0. The van der Waals surface area contributed by atoms with Gasteiger partial charge in [0.05, 0.1) is 0 Å². The van der Waals surface area contributed by atoms with Crippen LogP contribution in [-0.4, -0.2) is 0 Å². The zero-order chi connectivity index (χ0) is 39.4. The van der Waals surface area contributed by atoms with Gasteiger partial charge in [-0.3, -0.25) is 0 Å². The minimum Gasteiger partial charge on any atom is -0.0622 e. The van der Waals surface area contributed by atoms with E-state index in [9.17, 15) is 0 Å². The van der Waals surface area contributed by atoms with Crippen LogP contribution < -0.4 is 0 Å². The lowest BCUT2D eigenvalue weighted by molar-refractivity contribution is 0.550. The van der Waals surface area contributed by atoms with Crippen molar-refractivity contribution >= 4 is 21.5 Å². The standard InChI is InChI=1S/C60H46/c1-2-16-39(17-3-1)43-18-4-5-19-44(43)40-26-31-51-52(36-40)58(42-28-30-48-46-21-9-11-25-54(46)60(56(48)38-42)34-14-15-35-60)50-23-7-6-22-49(50)57(51)41-27-29-47-45-20-8-10-24-53(45)59(55(47)37-41)32-12-13-33-59/h1-11,16-31,36-38H,12-15,32-35H2. The van der Waals surface area contributed by atoms with Crippen LogP contribution in [0.3, 0.4) is 0 Å². The molecule has 0 unspecified atom stereocenters. The number of hydrogen-bond donors (Lipinski definition) is 0. The Morgan fingerprint density at radius 3 is 1.20 bits per heavy atom. The van der Waals surface area contributed by atoms with E-state index in [0.29, 0.717) is 0 Å². The first-order valence-corrected chi connectivity index (χ1v) is 22.3. The van der Waals surface area contributed by atoms with Gasteiger partial charge >= 0.3 is 0 Å². The second kappa shape index (κ2) is 13.0. The van der Waals surface area contributed by atoms with Crippen LogP contribution in [0.5, 0.6) is 0 Å². The number of benzene rings is 9. The van der Waals surface area contributed by atoms with Crippen molar-refractivity contribution in [3.8, 4) is 66.8 Å². The number of hydrogen-bond acceptors (Lipinski definition) is 0. The van der Waals surface area contributed by atoms with Gasteiger partial charge in [-0.05, 0) is 154 Å². The topological polar surface area (TPSA) is 0 Å². The van der Waals surface area contributed by atoms with E-state index in [-0.39, 0.29) is 10.8 Å². The predicted octanol–water partition coefficient (Wildman–Crippen LogP) is 16.3. The highest BCUT2D eigenvalue weighted by Gasteiger charge is 2.46. The second-order valence-electron chi connectivity index (χ2n) is 18.2. The van der Waals surface area contributed by atoms with Gasteiger partial charge in [-0.1, -0.05) is 189 Å². The highest BCUT2D eigenvalue weighted by molar-refractivity contribution is 6.22. The van der Waals surface area contributed by atoms with E-state index in [2.05, 4.69) is 182 Å². The molecule has 0 amide bonds. The fourth-order valence-corrected chi connectivity index (χ4v) is 12.8. The molecule has 0 heterocycles. The Morgan fingerprint density at radius 1 is 0.250 bits per heavy atom. The lowest BCUT2D eigenvalue weighted by Gasteiger charge is -2.28. The van der Waals surface area contributed by atoms with Crippen molar-refractivity contribution in [2.45, 2.75) is 62.2 Å². The molecule has 0 nitrogen and oxygen atoms in total. The predicted molar refractivity (Wildman–Crippen MR) is 253 cm³/mol. The Balaban J connectivity index is 1.10. The van der Waals surface area contributed by atoms with E-state index in [0.717, 1.165) is 0 Å². The Labute approximate surface area is 353 Å². The van der Waals surface area contributed by atoms with Crippen molar-refractivity contribution in [3.05, 3.63) is 204 Å². The van der Waals surface area contributed by atoms with E-state index in [1.54, 1.807) is 11.1 Å². The average molecular weight is 767 g/mol. The molecule has 2 saturated carbocycles. The minimum atomic E-state index is 0.103. The maximum atomic E-state index is 2.61. The molecule has 0 bridgehead atoms. The van der Waals surface area contributed by atoms with E-state index >= 15 is 0 Å². The number of rotatable bonds is 4. The quantitative estimate of drug-likeness (QED) is 0.157. The molecule has 2 spiro atoms. The first-order valence-electron chi connectivity index (χ1n) is 22.3. The third-order valence-corrected chi connectivity index (χ3v) is 15.4. The summed E-state index contributed by atoms with van der Waals surface area (Å²) in [6.07, 6.45) is 10.1. The van der Waals surface area contributed by atoms with Crippen LogP contribution in [0.15, 0.2) is 182 Å². The molecule has 13 rings (SSSR count). The molecule has 0 atom stereocenters. The zero-order valence-electron chi connectivity index (χ0n) is 34.0. The van der Waals surface area contributed by atoms with Crippen LogP contribution in [0, 0.1) is 0 Å². The van der Waals surface area contributed by atoms with Crippen molar-refractivity contribution in [1.82, 2.24) is 0 Å². The molecular formula is C60H46. The highest BCUT2D eigenvalue weighted by Crippen LogP contribution is 2.60. The van der Waals surface area contributed by atoms with Crippen LogP contribution in [0.1, 0.15) is 73.6 Å². The van der Waals surface area contributed by atoms with Gasteiger partial charge in [0.25, 0.3) is 0 Å². The molecule has 4 aliphatic rings. The molecule has 0 radical (unpaired) electrons. The first-order chi connectivity index (χ1) is 29.7. The van der Waals surface area contributed by atoms with E-state index in [1.165, 1.54) is 151 Å². The molecule has 286 valence electrons. The molecule has 0 aliphatic heterocycles. The fraction of sp³-hybridized carbons (Fsp3) is 0.167. The van der Waals surface area contributed by atoms with Gasteiger partial charge in [-0.15, -0.1) is 0 Å². The SMILES string of the molecule is c1ccc(-c2ccccc2-c2ccc3c(-c4ccc5c(c4)C4(CCCC4)c4ccccc4-5)c4ccccc4c(-c4ccc5c(c4)C4(CCCC4)c4ccccc4-5)c3c2)cc1. The lowest BCUT2D eigenvalue weighted by Crippen LogP contribution is -2.20. The van der Waals surface area contributed by atoms with Gasteiger partial charge in [-0.2, -0.15) is 0 Å². The van der Waals surface area contributed by atoms with Gasteiger partial charge in [0.15, 0.2) is 0 Å². The largest absolute Gasteiger partial charge is 0.0622 e. The van der Waals surface area contributed by atoms with Gasteiger partial charge in [0, 0.05) is 10.8 Å². The van der Waals surface area contributed by atoms with E-state index in [1.807, 2.05) is 0 Å². The first kappa shape index (κ1) is 34.4. The summed E-state index contributed by atoms with van der Waals surface area (Å²) in [4.78, 5) is 0. The van der Waals surface area contributed by atoms with Crippen molar-refractivity contribution in [2.24, 2.45) is 0 Å². The van der Waals surface area contributed by atoms with E-state index in [4.69, 9.17) is 0 Å². The van der Waals surface area contributed by atoms with Crippen LogP contribution in [-0.2, 0) is 10.8 Å². The van der Waals surface area contributed by atoms with Gasteiger partial charge < -0.3 is 0 Å². The van der Waals surface area contributed by atoms with Crippen molar-refractivity contribution < 1.29 is 0 Å². The second-order valence-corrected chi connectivity index (χ2v) is 18.2. The molecule has 60 heavy (non-hydrogen) atoms. The summed E-state index contributed by atoms with van der Waals surface area (Å²) >= 11 is 0. The Morgan fingerprint density at radius 2 is 0.650 bits per heavy atom. The van der Waals surface area contributed by atoms with Crippen LogP contribution in [0.2, 0.25) is 0 Å². The lowest BCUT2D eigenvalue weighted by atomic mass is 9.75. The Kier molecular flexibility index (Phi) is 7.45. The summed E-state index contributed by atoms with van der Waals surface area (Å²) in [7, 11) is 0. The monoisotopic (exact) mass is 766 g/mol. The minimum absolute atomic E-state index is 0.103. The molecule has 2 fully saturated rings. The molecule has 0 N–H and O–H groups in total. The molecule has 0 saturated heterocycles. The number of fused-ring (bicyclic) bond motifs is 12. The third-order valence-electron chi connectivity index (χ3n) is 15.4. The normalized spacial score (nSPS) is 16.4. The summed E-state index contributed by atoms with van der Waals surface area (Å²) in [5.41, 5.74) is 22.5. The third kappa shape index (κ3) is 4.74. The van der Waals surface area contributed by atoms with Crippen LogP contribution in [0.25, 0.3) is 88.3 Å². The summed E-state index contributed by atoms with van der Waals surface area (Å²) in [5.74, 6) is 0. The maximum absolute atomic E-state index is 2.61. The van der Waals surface area contributed by atoms with Gasteiger partial charge in [0.1, 0.15) is 0 Å². The van der Waals surface area contributed by atoms with Crippen LogP contribution in [0.4, 0.5) is 0 Å². The van der Waals surface area contributed by atoms with Crippen molar-refractivity contribution in [3.63, 3.8) is 0 Å². The zero-order valence-corrected chi connectivity index (χ0v) is 34.0. The van der Waals surface area contributed by atoms with Gasteiger partial charge in [0.2, 0.25) is 0 Å². The molecule has 4 aliphatic carbocycles. The highest BCUT2D eigenvalue weighted by atomic mass is 14.5. The smallest absolute Gasteiger partial charge is 0.0215 e. The fourth-order valence-electron chi connectivity index (χ4n) is 12.8. The Hall–Kier alpha value is -6.50. The molecule has 0 heteroatoms. The van der Waals surface area contributed by atoms with Crippen molar-refractivity contribution in [1.29, 1.82) is 0 Å². The molecule has 9 aromatic rings. The van der Waals surface area contributed by atoms with Crippen LogP contribution >= 0.6 is 0 Å².